The van der Waals surface area contributed by atoms with Crippen LogP contribution in [0, 0.1) is 12.8 Å². The number of ether oxygens (including phenoxy) is 2. The number of carbonyl (C=O) groups excluding carboxylic acids is 2. The molecule has 0 spiro atoms. The van der Waals surface area contributed by atoms with Gasteiger partial charge in [-0.2, -0.15) is 0 Å². The molecular formula is C22H26N2O4. The summed E-state index contributed by atoms with van der Waals surface area (Å²) >= 11 is 0. The zero-order valence-corrected chi connectivity index (χ0v) is 16.5. The van der Waals surface area contributed by atoms with E-state index in [0.29, 0.717) is 23.0 Å². The lowest BCUT2D eigenvalue weighted by Crippen LogP contribution is -2.39. The first-order chi connectivity index (χ1) is 13.5. The number of hydrogen-bond acceptors (Lipinski definition) is 4. The summed E-state index contributed by atoms with van der Waals surface area (Å²) in [6, 6.07) is 13.1. The van der Waals surface area contributed by atoms with Crippen LogP contribution in [0.1, 0.15) is 40.4 Å². The molecule has 0 radical (unpaired) electrons. The van der Waals surface area contributed by atoms with Crippen molar-refractivity contribution >= 4 is 11.8 Å². The lowest BCUT2D eigenvalue weighted by molar-refractivity contribution is -0.121. The SMILES string of the molecule is COc1ccc(C(=O)NCC(=O)NC(c2ccc(C)cc2)C2CC2)cc1OC. The molecule has 0 heterocycles. The minimum absolute atomic E-state index is 0.00826. The van der Waals surface area contributed by atoms with Gasteiger partial charge >= 0.3 is 0 Å². The number of carbonyl (C=O) groups is 2. The topological polar surface area (TPSA) is 76.7 Å². The first kappa shape index (κ1) is 19.7. The molecule has 0 aliphatic heterocycles. The summed E-state index contributed by atoms with van der Waals surface area (Å²) in [5.74, 6) is 0.934. The molecular weight excluding hydrogens is 356 g/mol. The van der Waals surface area contributed by atoms with Gasteiger partial charge in [0.1, 0.15) is 0 Å². The summed E-state index contributed by atoms with van der Waals surface area (Å²) in [6.07, 6.45) is 2.22. The van der Waals surface area contributed by atoms with E-state index in [4.69, 9.17) is 9.47 Å². The Balaban J connectivity index is 1.58. The summed E-state index contributed by atoms with van der Waals surface area (Å²) in [5, 5.41) is 5.73. The Bertz CT molecular complexity index is 844. The van der Waals surface area contributed by atoms with Crippen LogP contribution in [0.2, 0.25) is 0 Å². The van der Waals surface area contributed by atoms with Gasteiger partial charge in [0.2, 0.25) is 5.91 Å². The average Bonchev–Trinajstić information content (AvgIpc) is 3.55. The van der Waals surface area contributed by atoms with Crippen LogP contribution in [0.4, 0.5) is 0 Å². The van der Waals surface area contributed by atoms with Crippen LogP contribution in [0.3, 0.4) is 0 Å². The van der Waals surface area contributed by atoms with Crippen molar-refractivity contribution in [1.29, 1.82) is 0 Å². The predicted molar refractivity (Wildman–Crippen MR) is 107 cm³/mol. The van der Waals surface area contributed by atoms with Crippen molar-refractivity contribution in [3.63, 3.8) is 0 Å². The molecule has 1 unspecified atom stereocenters. The molecule has 1 fully saturated rings. The number of rotatable bonds is 8. The Hall–Kier alpha value is -3.02. The van der Waals surface area contributed by atoms with Gasteiger partial charge < -0.3 is 20.1 Å². The maximum atomic E-state index is 12.4. The summed E-state index contributed by atoms with van der Waals surface area (Å²) in [7, 11) is 3.04. The normalized spacial score (nSPS) is 14.1. The van der Waals surface area contributed by atoms with Crippen LogP contribution in [0.25, 0.3) is 0 Å². The molecule has 1 aliphatic rings. The molecule has 1 aliphatic carbocycles. The Kier molecular flexibility index (Phi) is 6.19. The number of methoxy groups -OCH3 is 2. The fraction of sp³-hybridized carbons (Fsp3) is 0.364. The summed E-state index contributed by atoms with van der Waals surface area (Å²) in [4.78, 5) is 24.8. The molecule has 2 aromatic rings. The third-order valence-electron chi connectivity index (χ3n) is 4.90. The van der Waals surface area contributed by atoms with E-state index in [1.807, 2.05) is 6.92 Å². The molecule has 2 N–H and O–H groups in total. The zero-order chi connectivity index (χ0) is 20.1. The second-order valence-electron chi connectivity index (χ2n) is 7.05. The van der Waals surface area contributed by atoms with Gasteiger partial charge in [0.05, 0.1) is 26.8 Å². The summed E-state index contributed by atoms with van der Waals surface area (Å²) < 4.78 is 10.4. The minimum Gasteiger partial charge on any atom is -0.493 e. The number of hydrogen-bond donors (Lipinski definition) is 2. The smallest absolute Gasteiger partial charge is 0.251 e. The molecule has 0 aromatic heterocycles. The number of amides is 2. The van der Waals surface area contributed by atoms with Gasteiger partial charge in [0, 0.05) is 5.56 Å². The average molecular weight is 382 g/mol. The molecule has 6 nitrogen and oxygen atoms in total. The van der Waals surface area contributed by atoms with Crippen LogP contribution in [0.15, 0.2) is 42.5 Å². The number of aryl methyl sites for hydroxylation is 1. The van der Waals surface area contributed by atoms with Gasteiger partial charge in [-0.25, -0.2) is 0 Å². The molecule has 2 aromatic carbocycles. The molecule has 0 saturated heterocycles. The van der Waals surface area contributed by atoms with Crippen molar-refractivity contribution in [3.8, 4) is 11.5 Å². The highest BCUT2D eigenvalue weighted by Gasteiger charge is 2.33. The summed E-state index contributed by atoms with van der Waals surface area (Å²) in [5.41, 5.74) is 2.70. The maximum Gasteiger partial charge on any atom is 0.251 e. The van der Waals surface area contributed by atoms with E-state index in [1.165, 1.54) is 19.8 Å². The van der Waals surface area contributed by atoms with E-state index in [2.05, 4.69) is 34.9 Å². The Labute approximate surface area is 165 Å². The van der Waals surface area contributed by atoms with Crippen LogP contribution < -0.4 is 20.1 Å². The van der Waals surface area contributed by atoms with Gasteiger partial charge in [-0.3, -0.25) is 9.59 Å². The second-order valence-corrected chi connectivity index (χ2v) is 7.05. The monoisotopic (exact) mass is 382 g/mol. The molecule has 6 heteroatoms. The molecule has 1 atom stereocenters. The lowest BCUT2D eigenvalue weighted by atomic mass is 10.0. The van der Waals surface area contributed by atoms with Crippen LogP contribution >= 0.6 is 0 Å². The second kappa shape index (κ2) is 8.78. The van der Waals surface area contributed by atoms with Crippen LogP contribution in [-0.4, -0.2) is 32.6 Å². The first-order valence-corrected chi connectivity index (χ1v) is 9.38. The largest absolute Gasteiger partial charge is 0.493 e. The molecule has 28 heavy (non-hydrogen) atoms. The number of benzene rings is 2. The minimum atomic E-state index is -0.339. The fourth-order valence-corrected chi connectivity index (χ4v) is 3.14. The Morgan fingerprint density at radius 2 is 1.71 bits per heavy atom. The van der Waals surface area contributed by atoms with Gasteiger partial charge in [-0.05, 0) is 49.4 Å². The van der Waals surface area contributed by atoms with Crippen molar-refractivity contribution < 1.29 is 19.1 Å². The Morgan fingerprint density at radius 1 is 1.04 bits per heavy atom. The van der Waals surface area contributed by atoms with Gasteiger partial charge in [0.15, 0.2) is 11.5 Å². The highest BCUT2D eigenvalue weighted by Crippen LogP contribution is 2.41. The van der Waals surface area contributed by atoms with E-state index in [9.17, 15) is 9.59 Å². The van der Waals surface area contributed by atoms with Crippen molar-refractivity contribution in [3.05, 3.63) is 59.2 Å². The molecule has 148 valence electrons. The van der Waals surface area contributed by atoms with E-state index < -0.39 is 0 Å². The molecule has 2 amide bonds. The zero-order valence-electron chi connectivity index (χ0n) is 16.5. The molecule has 1 saturated carbocycles. The van der Waals surface area contributed by atoms with E-state index >= 15 is 0 Å². The molecule has 3 rings (SSSR count). The highest BCUT2D eigenvalue weighted by molar-refractivity contribution is 5.97. The van der Waals surface area contributed by atoms with Crippen LogP contribution in [0.5, 0.6) is 11.5 Å². The van der Waals surface area contributed by atoms with Gasteiger partial charge in [-0.1, -0.05) is 29.8 Å². The standard InChI is InChI=1S/C22H26N2O4/c1-14-4-6-15(7-5-14)21(16-8-9-16)24-20(25)13-23-22(26)17-10-11-18(27-2)19(12-17)28-3/h4-7,10-12,16,21H,8-9,13H2,1-3H3,(H,23,26)(H,24,25). The quantitative estimate of drug-likeness (QED) is 0.736. The maximum absolute atomic E-state index is 12.4. The lowest BCUT2D eigenvalue weighted by Gasteiger charge is -2.19. The van der Waals surface area contributed by atoms with Crippen molar-refractivity contribution in [2.24, 2.45) is 5.92 Å². The molecule has 0 bridgehead atoms. The Morgan fingerprint density at radius 3 is 2.32 bits per heavy atom. The summed E-state index contributed by atoms with van der Waals surface area (Å²) in [6.45, 7) is 1.96. The van der Waals surface area contributed by atoms with Gasteiger partial charge in [0.25, 0.3) is 5.91 Å². The van der Waals surface area contributed by atoms with Crippen LogP contribution in [-0.2, 0) is 4.79 Å². The van der Waals surface area contributed by atoms with Gasteiger partial charge in [-0.15, -0.1) is 0 Å². The van der Waals surface area contributed by atoms with E-state index in [1.54, 1.807) is 18.2 Å². The third-order valence-corrected chi connectivity index (χ3v) is 4.90. The van der Waals surface area contributed by atoms with E-state index in [-0.39, 0.29) is 24.4 Å². The van der Waals surface area contributed by atoms with Crippen molar-refractivity contribution in [2.45, 2.75) is 25.8 Å². The number of nitrogens with one attached hydrogen (secondary N) is 2. The highest BCUT2D eigenvalue weighted by atomic mass is 16.5. The third kappa shape index (κ3) is 4.82. The fourth-order valence-electron chi connectivity index (χ4n) is 3.14. The predicted octanol–water partition coefficient (Wildman–Crippen LogP) is 3.01. The van der Waals surface area contributed by atoms with E-state index in [0.717, 1.165) is 18.4 Å². The van der Waals surface area contributed by atoms with Crippen molar-refractivity contribution in [2.75, 3.05) is 20.8 Å². The van der Waals surface area contributed by atoms with Crippen molar-refractivity contribution in [1.82, 2.24) is 10.6 Å². The first-order valence-electron chi connectivity index (χ1n) is 9.38.